The molecule has 0 saturated carbocycles. The second kappa shape index (κ2) is 10.4. The molecule has 11 nitrogen and oxygen atoms in total. The SMILES string of the molecule is [2H]C([2H])([2H])NC(=O)c1nnc(Nc2cc(C)nc(C)n2)cc1Nc1ccc(F)c(N=S2(=O)CCCC2)c1OC. The van der Waals surface area contributed by atoms with Gasteiger partial charge in [0.15, 0.2) is 28.8 Å². The Morgan fingerprint density at radius 3 is 2.58 bits per heavy atom. The van der Waals surface area contributed by atoms with Crippen molar-refractivity contribution in [2.24, 2.45) is 4.36 Å². The Labute approximate surface area is 212 Å². The van der Waals surface area contributed by atoms with E-state index in [1.165, 1.54) is 19.2 Å². The lowest BCUT2D eigenvalue weighted by Gasteiger charge is -2.16. The fourth-order valence-electron chi connectivity index (χ4n) is 3.78. The lowest BCUT2D eigenvalue weighted by molar-refractivity contribution is 0.0958. The number of anilines is 4. The highest BCUT2D eigenvalue weighted by Gasteiger charge is 2.23. The number of ether oxygens (including phenoxy) is 1. The first-order valence-electron chi connectivity index (χ1n) is 12.5. The maximum atomic E-state index is 14.8. The standard InChI is InChI=1S/C23H27FN8O3S/c1-13-11-18(27-14(2)26-13)29-19-12-17(21(31-30-19)23(33)25-3)28-16-8-7-15(24)20(22(16)35-4)32-36(34)9-5-6-10-36/h7-8,11-12H,5-6,9-10H2,1-4H3,(H,25,33)(H2,26,27,28,29,30)/i3D3. The van der Waals surface area contributed by atoms with Gasteiger partial charge in [-0.3, -0.25) is 4.79 Å². The van der Waals surface area contributed by atoms with Crippen LogP contribution >= 0.6 is 0 Å². The highest BCUT2D eigenvalue weighted by Crippen LogP contribution is 2.41. The Kier molecular flexibility index (Phi) is 6.19. The number of amides is 1. The molecule has 1 aliphatic rings. The number of nitrogens with zero attached hydrogens (tertiary/aromatic N) is 5. The van der Waals surface area contributed by atoms with E-state index in [4.69, 9.17) is 8.85 Å². The Bertz CT molecular complexity index is 1510. The maximum absolute atomic E-state index is 14.8. The van der Waals surface area contributed by atoms with E-state index in [1.807, 2.05) is 5.32 Å². The number of aryl methyl sites for hydroxylation is 2. The van der Waals surface area contributed by atoms with Crippen LogP contribution in [-0.4, -0.2) is 55.9 Å². The zero-order chi connectivity index (χ0) is 28.4. The van der Waals surface area contributed by atoms with E-state index in [9.17, 15) is 13.4 Å². The van der Waals surface area contributed by atoms with E-state index in [2.05, 4.69) is 35.2 Å². The molecule has 1 aromatic carbocycles. The van der Waals surface area contributed by atoms with Crippen LogP contribution in [0.15, 0.2) is 28.6 Å². The molecule has 3 N–H and O–H groups in total. The van der Waals surface area contributed by atoms with Crippen molar-refractivity contribution in [1.82, 2.24) is 25.5 Å². The van der Waals surface area contributed by atoms with Crippen molar-refractivity contribution in [3.63, 3.8) is 0 Å². The van der Waals surface area contributed by atoms with Gasteiger partial charge in [0.2, 0.25) is 0 Å². The van der Waals surface area contributed by atoms with Crippen LogP contribution in [0.5, 0.6) is 5.75 Å². The summed E-state index contributed by atoms with van der Waals surface area (Å²) in [5, 5.41) is 15.7. The second-order valence-corrected chi connectivity index (χ2v) is 10.6. The number of rotatable bonds is 7. The molecule has 3 aromatic rings. The normalized spacial score (nSPS) is 15.8. The summed E-state index contributed by atoms with van der Waals surface area (Å²) in [6.45, 7) is 0.737. The van der Waals surface area contributed by atoms with Crippen molar-refractivity contribution in [1.29, 1.82) is 0 Å². The zero-order valence-corrected chi connectivity index (χ0v) is 20.7. The van der Waals surface area contributed by atoms with Crippen LogP contribution in [0.3, 0.4) is 0 Å². The predicted molar refractivity (Wildman–Crippen MR) is 136 cm³/mol. The number of aromatic nitrogens is 4. The van der Waals surface area contributed by atoms with Crippen molar-refractivity contribution in [3.8, 4) is 5.75 Å². The topological polar surface area (TPSA) is 143 Å². The summed E-state index contributed by atoms with van der Waals surface area (Å²) in [7, 11) is -1.33. The molecule has 36 heavy (non-hydrogen) atoms. The molecule has 13 heteroatoms. The summed E-state index contributed by atoms with van der Waals surface area (Å²) in [6, 6.07) is 5.57. The van der Waals surface area contributed by atoms with Gasteiger partial charge >= 0.3 is 0 Å². The molecular weight excluding hydrogens is 487 g/mol. The van der Waals surface area contributed by atoms with Gasteiger partial charge in [0.05, 0.1) is 28.2 Å². The zero-order valence-electron chi connectivity index (χ0n) is 22.9. The Balaban J connectivity index is 1.78. The minimum atomic E-state index is -2.78. The van der Waals surface area contributed by atoms with Gasteiger partial charge in [0.25, 0.3) is 5.91 Å². The third-order valence-electron chi connectivity index (χ3n) is 5.33. The highest BCUT2D eigenvalue weighted by atomic mass is 32.2. The van der Waals surface area contributed by atoms with Gasteiger partial charge in [-0.25, -0.2) is 18.6 Å². The molecular formula is C23H27FN8O3S. The molecule has 0 unspecified atom stereocenters. The average Bonchev–Trinajstić information content (AvgIpc) is 3.26. The second-order valence-electron chi connectivity index (χ2n) is 8.09. The quantitative estimate of drug-likeness (QED) is 0.427. The lowest BCUT2D eigenvalue weighted by atomic mass is 10.2. The largest absolute Gasteiger partial charge is 0.492 e. The van der Waals surface area contributed by atoms with E-state index in [0.29, 0.717) is 28.8 Å². The van der Waals surface area contributed by atoms with Crippen LogP contribution in [0.4, 0.5) is 33.1 Å². The van der Waals surface area contributed by atoms with Crippen LogP contribution in [0.1, 0.15) is 39.0 Å². The summed E-state index contributed by atoms with van der Waals surface area (Å²) in [5.41, 5.74) is 0.346. The minimum absolute atomic E-state index is 0.0256. The maximum Gasteiger partial charge on any atom is 0.273 e. The van der Waals surface area contributed by atoms with E-state index in [0.717, 1.165) is 18.9 Å². The van der Waals surface area contributed by atoms with Crippen molar-refractivity contribution < 1.29 is 22.2 Å². The highest BCUT2D eigenvalue weighted by molar-refractivity contribution is 7.93. The van der Waals surface area contributed by atoms with Crippen LogP contribution < -0.4 is 20.7 Å². The monoisotopic (exact) mass is 517 g/mol. The Morgan fingerprint density at radius 2 is 1.89 bits per heavy atom. The van der Waals surface area contributed by atoms with Gasteiger partial charge in [0, 0.05) is 40.4 Å². The third-order valence-corrected chi connectivity index (χ3v) is 7.70. The van der Waals surface area contributed by atoms with Crippen LogP contribution in [0, 0.1) is 19.7 Å². The number of hydrogen-bond acceptors (Lipinski definition) is 10. The minimum Gasteiger partial charge on any atom is -0.492 e. The van der Waals surface area contributed by atoms with Crippen molar-refractivity contribution >= 4 is 44.3 Å². The summed E-state index contributed by atoms with van der Waals surface area (Å²) in [5.74, 6) is 0.0319. The smallest absolute Gasteiger partial charge is 0.273 e. The van der Waals surface area contributed by atoms with Gasteiger partial charge in [-0.1, -0.05) is 0 Å². The van der Waals surface area contributed by atoms with Gasteiger partial charge < -0.3 is 20.7 Å². The number of carbonyl (C=O) groups is 1. The molecule has 0 bridgehead atoms. The molecule has 1 fully saturated rings. The average molecular weight is 518 g/mol. The fourth-order valence-corrected chi connectivity index (χ4v) is 5.98. The van der Waals surface area contributed by atoms with Gasteiger partial charge in [0.1, 0.15) is 11.6 Å². The molecule has 190 valence electrons. The number of methoxy groups -OCH3 is 1. The number of hydrogen-bond donors (Lipinski definition) is 3. The molecule has 0 spiro atoms. The molecule has 3 heterocycles. The first kappa shape index (κ1) is 21.4. The predicted octanol–water partition coefficient (Wildman–Crippen LogP) is 3.77. The van der Waals surface area contributed by atoms with Crippen LogP contribution in [0.25, 0.3) is 0 Å². The number of carbonyl (C=O) groups excluding carboxylic acids is 1. The van der Waals surface area contributed by atoms with E-state index in [1.54, 1.807) is 19.9 Å². The van der Waals surface area contributed by atoms with Crippen molar-refractivity contribution in [3.05, 3.63) is 47.3 Å². The molecule has 1 saturated heterocycles. The van der Waals surface area contributed by atoms with E-state index < -0.39 is 28.4 Å². The van der Waals surface area contributed by atoms with E-state index in [-0.39, 0.29) is 34.3 Å². The molecule has 1 aliphatic heterocycles. The van der Waals surface area contributed by atoms with Crippen LogP contribution in [-0.2, 0) is 9.73 Å². The molecule has 0 atom stereocenters. The number of nitrogens with one attached hydrogen (secondary N) is 3. The first-order valence-corrected chi connectivity index (χ1v) is 12.9. The lowest BCUT2D eigenvalue weighted by Crippen LogP contribution is -2.21. The number of benzene rings is 1. The Hall–Kier alpha value is -3.87. The fraction of sp³-hybridized carbons (Fsp3) is 0.348. The summed E-state index contributed by atoms with van der Waals surface area (Å²) in [6.07, 6.45) is 1.46. The van der Waals surface area contributed by atoms with Crippen molar-refractivity contribution in [2.45, 2.75) is 26.7 Å². The first-order chi connectivity index (χ1) is 18.4. The molecule has 0 aliphatic carbocycles. The molecule has 2 aromatic heterocycles. The van der Waals surface area contributed by atoms with Gasteiger partial charge in [-0.2, -0.15) is 4.36 Å². The molecule has 0 radical (unpaired) electrons. The molecule has 1 amide bonds. The third kappa shape index (κ3) is 5.51. The van der Waals surface area contributed by atoms with Gasteiger partial charge in [-0.05, 0) is 38.8 Å². The van der Waals surface area contributed by atoms with E-state index >= 15 is 0 Å². The van der Waals surface area contributed by atoms with Gasteiger partial charge in [-0.15, -0.1) is 10.2 Å². The summed E-state index contributed by atoms with van der Waals surface area (Å²) >= 11 is 0. The van der Waals surface area contributed by atoms with Crippen LogP contribution in [0.2, 0.25) is 0 Å². The number of halogens is 1. The Morgan fingerprint density at radius 1 is 1.11 bits per heavy atom. The molecule has 4 rings (SSSR count). The summed E-state index contributed by atoms with van der Waals surface area (Å²) < 4.78 is 59.7. The summed E-state index contributed by atoms with van der Waals surface area (Å²) in [4.78, 5) is 21.3. The van der Waals surface area contributed by atoms with Crippen molar-refractivity contribution in [2.75, 3.05) is 36.2 Å².